The molecule has 2 saturated carbocycles. The molecule has 1 heterocycles. The van der Waals surface area contributed by atoms with Gasteiger partial charge in [0.25, 0.3) is 0 Å². The van der Waals surface area contributed by atoms with Crippen molar-refractivity contribution in [3.05, 3.63) is 58.3 Å². The van der Waals surface area contributed by atoms with Crippen molar-refractivity contribution in [3.8, 4) is 0 Å². The highest BCUT2D eigenvalue weighted by atomic mass is 32.1. The Balaban J connectivity index is 1.47. The van der Waals surface area contributed by atoms with Gasteiger partial charge in [-0.05, 0) is 48.6 Å². The zero-order valence-electron chi connectivity index (χ0n) is 17.0. The molecule has 0 radical (unpaired) electrons. The van der Waals surface area contributed by atoms with Gasteiger partial charge in [0.1, 0.15) is 0 Å². The van der Waals surface area contributed by atoms with Crippen molar-refractivity contribution in [2.75, 3.05) is 13.1 Å². The molecule has 0 spiro atoms. The molecule has 0 bridgehead atoms. The number of carbonyl (C=O) groups is 2. The number of amides is 2. The average Bonchev–Trinajstić information content (AvgIpc) is 3.18. The summed E-state index contributed by atoms with van der Waals surface area (Å²) in [6.45, 7) is 2.13. The SMILES string of the molecule is O=C(CN(CC1CC1)C(=O)C1CCCC1)N(Cc1ccccc1)Cc1cccs1. The molecule has 4 rings (SSSR count). The smallest absolute Gasteiger partial charge is 0.242 e. The summed E-state index contributed by atoms with van der Waals surface area (Å²) in [5, 5.41) is 2.05. The van der Waals surface area contributed by atoms with E-state index in [1.54, 1.807) is 11.3 Å². The molecular weight excluding hydrogens is 380 g/mol. The molecule has 2 aliphatic rings. The summed E-state index contributed by atoms with van der Waals surface area (Å²) in [7, 11) is 0. The highest BCUT2D eigenvalue weighted by molar-refractivity contribution is 7.09. The Morgan fingerprint density at radius 3 is 2.31 bits per heavy atom. The summed E-state index contributed by atoms with van der Waals surface area (Å²) >= 11 is 1.67. The highest BCUT2D eigenvalue weighted by Crippen LogP contribution is 2.32. The fourth-order valence-electron chi connectivity index (χ4n) is 4.17. The van der Waals surface area contributed by atoms with Gasteiger partial charge in [-0.15, -0.1) is 11.3 Å². The van der Waals surface area contributed by atoms with Crippen LogP contribution in [0, 0.1) is 11.8 Å². The minimum absolute atomic E-state index is 0.0502. The summed E-state index contributed by atoms with van der Waals surface area (Å²) in [5.74, 6) is 0.974. The number of thiophene rings is 1. The lowest BCUT2D eigenvalue weighted by Gasteiger charge is -2.29. The lowest BCUT2D eigenvalue weighted by atomic mass is 10.1. The average molecular weight is 411 g/mol. The summed E-state index contributed by atoms with van der Waals surface area (Å²) in [6, 6.07) is 14.2. The molecule has 2 aliphatic carbocycles. The number of nitrogens with zero attached hydrogens (tertiary/aromatic N) is 2. The fourth-order valence-corrected chi connectivity index (χ4v) is 4.88. The standard InChI is InChI=1S/C24H30N2O2S/c27-23(18-26(16-20-12-13-20)24(28)21-9-4-5-10-21)25(17-22-11-6-14-29-22)15-19-7-2-1-3-8-19/h1-3,6-8,11,14,20-21H,4-5,9-10,12-13,15-18H2. The van der Waals surface area contributed by atoms with Crippen molar-refractivity contribution in [2.24, 2.45) is 11.8 Å². The van der Waals surface area contributed by atoms with Gasteiger partial charge in [-0.2, -0.15) is 0 Å². The molecule has 2 aromatic rings. The Morgan fingerprint density at radius 1 is 0.897 bits per heavy atom. The molecule has 2 amide bonds. The third-order valence-corrected chi connectivity index (χ3v) is 6.87. The van der Waals surface area contributed by atoms with Gasteiger partial charge in [0.15, 0.2) is 0 Å². The Labute approximate surface area is 177 Å². The van der Waals surface area contributed by atoms with Crippen molar-refractivity contribution in [1.29, 1.82) is 0 Å². The van der Waals surface area contributed by atoms with Crippen LogP contribution in [-0.2, 0) is 22.7 Å². The van der Waals surface area contributed by atoms with Crippen LogP contribution in [-0.4, -0.2) is 34.7 Å². The maximum absolute atomic E-state index is 13.3. The van der Waals surface area contributed by atoms with Crippen LogP contribution in [0.3, 0.4) is 0 Å². The van der Waals surface area contributed by atoms with Crippen LogP contribution in [0.4, 0.5) is 0 Å². The molecule has 0 unspecified atom stereocenters. The monoisotopic (exact) mass is 410 g/mol. The molecule has 4 nitrogen and oxygen atoms in total. The normalized spacial score (nSPS) is 16.7. The molecule has 1 aromatic carbocycles. The molecule has 0 N–H and O–H groups in total. The van der Waals surface area contributed by atoms with E-state index in [1.807, 2.05) is 39.4 Å². The van der Waals surface area contributed by atoms with E-state index < -0.39 is 0 Å². The molecular formula is C24H30N2O2S. The van der Waals surface area contributed by atoms with Crippen molar-refractivity contribution >= 4 is 23.2 Å². The van der Waals surface area contributed by atoms with Gasteiger partial charge in [0.05, 0.1) is 13.1 Å². The van der Waals surface area contributed by atoms with Crippen LogP contribution < -0.4 is 0 Å². The number of rotatable bonds is 9. The lowest BCUT2D eigenvalue weighted by Crippen LogP contribution is -2.45. The van der Waals surface area contributed by atoms with E-state index in [9.17, 15) is 9.59 Å². The Hall–Kier alpha value is -2.14. The Morgan fingerprint density at radius 2 is 1.66 bits per heavy atom. The first-order chi connectivity index (χ1) is 14.2. The van der Waals surface area contributed by atoms with Crippen LogP contribution in [0.2, 0.25) is 0 Å². The predicted octanol–water partition coefficient (Wildman–Crippen LogP) is 4.71. The predicted molar refractivity (Wildman–Crippen MR) is 116 cm³/mol. The molecule has 0 atom stereocenters. The van der Waals surface area contributed by atoms with E-state index in [0.29, 0.717) is 19.0 Å². The van der Waals surface area contributed by atoms with E-state index >= 15 is 0 Å². The summed E-state index contributed by atoms with van der Waals surface area (Å²) in [5.41, 5.74) is 1.12. The van der Waals surface area contributed by atoms with E-state index in [1.165, 1.54) is 17.7 Å². The van der Waals surface area contributed by atoms with Crippen LogP contribution in [0.25, 0.3) is 0 Å². The Kier molecular flexibility index (Phi) is 6.65. The maximum atomic E-state index is 13.3. The van der Waals surface area contributed by atoms with E-state index in [0.717, 1.165) is 37.8 Å². The molecule has 1 aromatic heterocycles. The summed E-state index contributed by atoms with van der Waals surface area (Å²) < 4.78 is 0. The van der Waals surface area contributed by atoms with Gasteiger partial charge in [0, 0.05) is 23.9 Å². The molecule has 154 valence electrons. The number of hydrogen-bond donors (Lipinski definition) is 0. The largest absolute Gasteiger partial charge is 0.333 e. The number of hydrogen-bond acceptors (Lipinski definition) is 3. The first kappa shape index (κ1) is 20.1. The first-order valence-corrected chi connectivity index (χ1v) is 11.7. The minimum atomic E-state index is 0.0502. The number of benzene rings is 1. The van der Waals surface area contributed by atoms with E-state index in [2.05, 4.69) is 18.2 Å². The third-order valence-electron chi connectivity index (χ3n) is 6.01. The van der Waals surface area contributed by atoms with Gasteiger partial charge in [0.2, 0.25) is 11.8 Å². The fraction of sp³-hybridized carbons (Fsp3) is 0.500. The van der Waals surface area contributed by atoms with E-state index in [-0.39, 0.29) is 24.3 Å². The third kappa shape index (κ3) is 5.69. The minimum Gasteiger partial charge on any atom is -0.333 e. The number of carbonyl (C=O) groups excluding carboxylic acids is 2. The van der Waals surface area contributed by atoms with Gasteiger partial charge >= 0.3 is 0 Å². The van der Waals surface area contributed by atoms with Crippen LogP contribution in [0.1, 0.15) is 49.0 Å². The second-order valence-electron chi connectivity index (χ2n) is 8.46. The lowest BCUT2D eigenvalue weighted by molar-refractivity contribution is -0.143. The molecule has 5 heteroatoms. The quantitative estimate of drug-likeness (QED) is 0.601. The van der Waals surface area contributed by atoms with Crippen LogP contribution in [0.15, 0.2) is 47.8 Å². The van der Waals surface area contributed by atoms with Crippen molar-refractivity contribution in [2.45, 2.75) is 51.6 Å². The van der Waals surface area contributed by atoms with Gasteiger partial charge in [-0.3, -0.25) is 9.59 Å². The topological polar surface area (TPSA) is 40.6 Å². The zero-order valence-corrected chi connectivity index (χ0v) is 17.8. The zero-order chi connectivity index (χ0) is 20.1. The van der Waals surface area contributed by atoms with E-state index in [4.69, 9.17) is 0 Å². The van der Waals surface area contributed by atoms with Crippen molar-refractivity contribution in [3.63, 3.8) is 0 Å². The molecule has 0 saturated heterocycles. The summed E-state index contributed by atoms with van der Waals surface area (Å²) in [6.07, 6.45) is 6.62. The van der Waals surface area contributed by atoms with Crippen molar-refractivity contribution in [1.82, 2.24) is 9.80 Å². The molecule has 0 aliphatic heterocycles. The second kappa shape index (κ2) is 9.57. The first-order valence-electron chi connectivity index (χ1n) is 10.8. The molecule has 29 heavy (non-hydrogen) atoms. The van der Waals surface area contributed by atoms with Gasteiger partial charge in [-0.1, -0.05) is 49.2 Å². The highest BCUT2D eigenvalue weighted by Gasteiger charge is 2.33. The van der Waals surface area contributed by atoms with Crippen LogP contribution in [0.5, 0.6) is 0 Å². The van der Waals surface area contributed by atoms with Crippen LogP contribution >= 0.6 is 11.3 Å². The van der Waals surface area contributed by atoms with Crippen molar-refractivity contribution < 1.29 is 9.59 Å². The molecule has 2 fully saturated rings. The van der Waals surface area contributed by atoms with Gasteiger partial charge < -0.3 is 9.80 Å². The second-order valence-corrected chi connectivity index (χ2v) is 9.49. The summed E-state index contributed by atoms with van der Waals surface area (Å²) in [4.78, 5) is 31.4. The van der Waals surface area contributed by atoms with Gasteiger partial charge in [-0.25, -0.2) is 0 Å². The maximum Gasteiger partial charge on any atom is 0.242 e. The Bertz CT molecular complexity index is 796.